The molecule has 1 saturated heterocycles. The van der Waals surface area contributed by atoms with Gasteiger partial charge in [-0.05, 0) is 19.3 Å². The molecule has 1 aliphatic heterocycles. The lowest BCUT2D eigenvalue weighted by atomic mass is 10.1. The van der Waals surface area contributed by atoms with Crippen LogP contribution in [-0.2, 0) is 28.1 Å². The van der Waals surface area contributed by atoms with Crippen molar-refractivity contribution in [3.8, 4) is 0 Å². The smallest absolute Gasteiger partial charge is 0.233 e. The quantitative estimate of drug-likeness (QED) is 0.764. The topological polar surface area (TPSA) is 94.0 Å². The van der Waals surface area contributed by atoms with E-state index in [4.69, 9.17) is 0 Å². The first kappa shape index (κ1) is 16.3. The average molecular weight is 332 g/mol. The molecule has 1 aliphatic rings. The van der Waals surface area contributed by atoms with Gasteiger partial charge in [-0.3, -0.25) is 4.79 Å². The minimum absolute atomic E-state index is 0.0635. The van der Waals surface area contributed by atoms with E-state index in [0.717, 1.165) is 5.82 Å². The first-order valence-corrected chi connectivity index (χ1v) is 9.49. The number of thioether (sulfide) groups is 1. The van der Waals surface area contributed by atoms with Gasteiger partial charge in [-0.15, -0.1) is 10.2 Å². The molecule has 118 valence electrons. The molecule has 2 atom stereocenters. The van der Waals surface area contributed by atoms with E-state index in [0.29, 0.717) is 18.0 Å². The molecule has 1 N–H and O–H groups in total. The Bertz CT molecular complexity index is 626. The zero-order valence-electron chi connectivity index (χ0n) is 12.4. The highest BCUT2D eigenvalue weighted by Crippen LogP contribution is 2.25. The molecule has 0 aliphatic carbocycles. The SMILES string of the molecule is CNC(=O)[C@@H](C)Sc1nnc(C[C@H]2CCS(=O)(=O)C2)n1C. The summed E-state index contributed by atoms with van der Waals surface area (Å²) in [4.78, 5) is 11.5. The summed E-state index contributed by atoms with van der Waals surface area (Å²) in [6, 6.07) is 0. The fraction of sp³-hybridized carbons (Fsp3) is 0.750. The molecule has 0 saturated carbocycles. The molecular weight excluding hydrogens is 312 g/mol. The molecule has 0 spiro atoms. The van der Waals surface area contributed by atoms with Crippen LogP contribution in [-0.4, -0.2) is 52.9 Å². The van der Waals surface area contributed by atoms with Crippen LogP contribution in [0.5, 0.6) is 0 Å². The Morgan fingerprint density at radius 2 is 2.24 bits per heavy atom. The van der Waals surface area contributed by atoms with Gasteiger partial charge in [0.15, 0.2) is 15.0 Å². The molecule has 0 radical (unpaired) electrons. The Morgan fingerprint density at radius 1 is 1.52 bits per heavy atom. The van der Waals surface area contributed by atoms with Gasteiger partial charge in [0.05, 0.1) is 16.8 Å². The van der Waals surface area contributed by atoms with E-state index in [-0.39, 0.29) is 28.6 Å². The number of carbonyl (C=O) groups excluding carboxylic acids is 1. The van der Waals surface area contributed by atoms with Crippen molar-refractivity contribution in [1.82, 2.24) is 20.1 Å². The molecule has 1 fully saturated rings. The van der Waals surface area contributed by atoms with Gasteiger partial charge in [0, 0.05) is 20.5 Å². The van der Waals surface area contributed by atoms with E-state index in [9.17, 15) is 13.2 Å². The van der Waals surface area contributed by atoms with Gasteiger partial charge in [0.25, 0.3) is 0 Å². The Morgan fingerprint density at radius 3 is 2.81 bits per heavy atom. The number of carbonyl (C=O) groups is 1. The molecule has 2 heterocycles. The van der Waals surface area contributed by atoms with E-state index in [1.807, 2.05) is 11.6 Å². The summed E-state index contributed by atoms with van der Waals surface area (Å²) in [5.41, 5.74) is 0. The third-order valence-electron chi connectivity index (χ3n) is 3.62. The third kappa shape index (κ3) is 3.97. The van der Waals surface area contributed by atoms with Crippen molar-refractivity contribution in [3.63, 3.8) is 0 Å². The number of nitrogens with one attached hydrogen (secondary N) is 1. The Kier molecular flexibility index (Phi) is 4.92. The lowest BCUT2D eigenvalue weighted by Crippen LogP contribution is -2.27. The van der Waals surface area contributed by atoms with Gasteiger partial charge in [-0.25, -0.2) is 8.42 Å². The number of sulfone groups is 1. The van der Waals surface area contributed by atoms with E-state index >= 15 is 0 Å². The van der Waals surface area contributed by atoms with Gasteiger partial charge in [0.1, 0.15) is 5.82 Å². The zero-order valence-corrected chi connectivity index (χ0v) is 14.0. The van der Waals surface area contributed by atoms with E-state index in [1.165, 1.54) is 11.8 Å². The van der Waals surface area contributed by atoms with Crippen LogP contribution in [0.2, 0.25) is 0 Å². The second kappa shape index (κ2) is 6.35. The summed E-state index contributed by atoms with van der Waals surface area (Å²) in [6.07, 6.45) is 1.30. The van der Waals surface area contributed by atoms with Crippen LogP contribution >= 0.6 is 11.8 Å². The van der Waals surface area contributed by atoms with Crippen LogP contribution in [0.3, 0.4) is 0 Å². The third-order valence-corrected chi connectivity index (χ3v) is 6.59. The second-order valence-electron chi connectivity index (χ2n) is 5.31. The van der Waals surface area contributed by atoms with Crippen molar-refractivity contribution < 1.29 is 13.2 Å². The minimum atomic E-state index is -2.87. The highest BCUT2D eigenvalue weighted by molar-refractivity contribution is 8.00. The number of hydrogen-bond donors (Lipinski definition) is 1. The Hall–Kier alpha value is -1.09. The van der Waals surface area contributed by atoms with Gasteiger partial charge in [-0.2, -0.15) is 0 Å². The van der Waals surface area contributed by atoms with Gasteiger partial charge in [0.2, 0.25) is 5.91 Å². The molecule has 1 aromatic rings. The van der Waals surface area contributed by atoms with Crippen LogP contribution in [0.1, 0.15) is 19.2 Å². The Labute approximate surface area is 128 Å². The first-order valence-electron chi connectivity index (χ1n) is 6.79. The first-order chi connectivity index (χ1) is 9.82. The van der Waals surface area contributed by atoms with E-state index in [1.54, 1.807) is 14.0 Å². The van der Waals surface area contributed by atoms with Crippen molar-refractivity contribution in [2.24, 2.45) is 13.0 Å². The molecular formula is C12H20N4O3S2. The highest BCUT2D eigenvalue weighted by Gasteiger charge is 2.29. The molecule has 7 nitrogen and oxygen atoms in total. The van der Waals surface area contributed by atoms with Gasteiger partial charge < -0.3 is 9.88 Å². The summed E-state index contributed by atoms with van der Waals surface area (Å²) in [6.45, 7) is 1.81. The van der Waals surface area contributed by atoms with Gasteiger partial charge >= 0.3 is 0 Å². The maximum atomic E-state index is 11.5. The monoisotopic (exact) mass is 332 g/mol. The summed E-state index contributed by atoms with van der Waals surface area (Å²) in [5.74, 6) is 1.32. The van der Waals surface area contributed by atoms with Crippen LogP contribution < -0.4 is 5.32 Å². The van der Waals surface area contributed by atoms with Crippen LogP contribution in [0.15, 0.2) is 5.16 Å². The van der Waals surface area contributed by atoms with Gasteiger partial charge in [-0.1, -0.05) is 11.8 Å². The van der Waals surface area contributed by atoms with Crippen molar-refractivity contribution in [2.45, 2.75) is 30.2 Å². The summed E-state index contributed by atoms with van der Waals surface area (Å²) < 4.78 is 24.8. The predicted octanol–water partition coefficient (Wildman–Crippen LogP) is 0.0189. The standard InChI is InChI=1S/C12H20N4O3S2/c1-8(11(17)13-2)20-12-15-14-10(16(12)3)6-9-4-5-21(18,19)7-9/h8-9H,4-7H2,1-3H3,(H,13,17)/t8-,9-/m1/s1. The van der Waals surface area contributed by atoms with E-state index in [2.05, 4.69) is 15.5 Å². The minimum Gasteiger partial charge on any atom is -0.358 e. The molecule has 9 heteroatoms. The van der Waals surface area contributed by atoms with Crippen molar-refractivity contribution in [1.29, 1.82) is 0 Å². The lowest BCUT2D eigenvalue weighted by Gasteiger charge is -2.10. The summed E-state index contributed by atoms with van der Waals surface area (Å²) in [7, 11) is 0.573. The Balaban J connectivity index is 2.02. The van der Waals surface area contributed by atoms with Crippen LogP contribution in [0, 0.1) is 5.92 Å². The maximum absolute atomic E-state index is 11.5. The average Bonchev–Trinajstić information content (AvgIpc) is 2.94. The number of amides is 1. The normalized spacial score (nSPS) is 22.1. The summed E-state index contributed by atoms with van der Waals surface area (Å²) in [5, 5.41) is 11.2. The lowest BCUT2D eigenvalue weighted by molar-refractivity contribution is -0.119. The molecule has 1 aromatic heterocycles. The molecule has 0 bridgehead atoms. The molecule has 0 aromatic carbocycles. The van der Waals surface area contributed by atoms with Crippen molar-refractivity contribution in [2.75, 3.05) is 18.6 Å². The molecule has 2 rings (SSSR count). The second-order valence-corrected chi connectivity index (χ2v) is 8.84. The predicted molar refractivity (Wildman–Crippen MR) is 80.9 cm³/mol. The number of rotatable bonds is 5. The molecule has 1 amide bonds. The van der Waals surface area contributed by atoms with E-state index < -0.39 is 9.84 Å². The fourth-order valence-corrected chi connectivity index (χ4v) is 5.09. The van der Waals surface area contributed by atoms with Crippen molar-refractivity contribution in [3.05, 3.63) is 5.82 Å². The number of hydrogen-bond acceptors (Lipinski definition) is 6. The number of aromatic nitrogens is 3. The largest absolute Gasteiger partial charge is 0.358 e. The molecule has 21 heavy (non-hydrogen) atoms. The summed E-state index contributed by atoms with van der Waals surface area (Å²) >= 11 is 1.34. The maximum Gasteiger partial charge on any atom is 0.233 e. The zero-order chi connectivity index (χ0) is 15.6. The van der Waals surface area contributed by atoms with Crippen LogP contribution in [0.4, 0.5) is 0 Å². The fourth-order valence-electron chi connectivity index (χ4n) is 2.33. The number of nitrogens with zero attached hydrogens (tertiary/aromatic N) is 3. The molecule has 0 unspecified atom stereocenters. The van der Waals surface area contributed by atoms with Crippen LogP contribution in [0.25, 0.3) is 0 Å². The highest BCUT2D eigenvalue weighted by atomic mass is 32.2. The van der Waals surface area contributed by atoms with Crippen molar-refractivity contribution >= 4 is 27.5 Å².